The topological polar surface area (TPSA) is 40.5 Å². The lowest BCUT2D eigenvalue weighted by Gasteiger charge is -1.79. The van der Waals surface area contributed by atoms with Crippen LogP contribution in [0.3, 0.4) is 0 Å². The molecule has 0 aliphatic rings. The minimum Gasteiger partial charge on any atom is -0.504 e. The maximum Gasteiger partial charge on any atom is 0.214 e. The number of aromatic hydroxyl groups is 2. The van der Waals surface area contributed by atoms with Crippen molar-refractivity contribution < 1.29 is 10.2 Å². The second kappa shape index (κ2) is 1.67. The first-order valence-electron chi connectivity index (χ1n) is 2.18. The Hall–Kier alpha value is -0.700. The Kier molecular flexibility index (Phi) is 1.13. The van der Waals surface area contributed by atoms with Crippen LogP contribution in [0.5, 0.6) is 10.8 Å². The molecule has 0 aliphatic heterocycles. The predicted molar refractivity (Wildman–Crippen MR) is 32.4 cm³/mol. The van der Waals surface area contributed by atoms with E-state index in [-0.39, 0.29) is 10.8 Å². The Labute approximate surface area is 51.0 Å². The van der Waals surface area contributed by atoms with E-state index < -0.39 is 0 Å². The molecule has 8 heavy (non-hydrogen) atoms. The molecule has 0 spiro atoms. The van der Waals surface area contributed by atoms with Crippen LogP contribution < -0.4 is 0 Å². The normalized spacial score (nSPS) is 9.62. The van der Waals surface area contributed by atoms with Gasteiger partial charge in [-0.1, -0.05) is 0 Å². The monoisotopic (exact) mass is 130 g/mol. The van der Waals surface area contributed by atoms with Gasteiger partial charge in [0.05, 0.1) is 0 Å². The lowest BCUT2D eigenvalue weighted by molar-refractivity contribution is 0.415. The highest BCUT2D eigenvalue weighted by Crippen LogP contribution is 2.33. The van der Waals surface area contributed by atoms with Crippen LogP contribution in [0.2, 0.25) is 0 Å². The van der Waals surface area contributed by atoms with Crippen molar-refractivity contribution in [1.29, 1.82) is 0 Å². The molecule has 0 saturated carbocycles. The van der Waals surface area contributed by atoms with Crippen LogP contribution in [0, 0.1) is 6.92 Å². The molecule has 2 N–H and O–H groups in total. The third kappa shape index (κ3) is 0.767. The average Bonchev–Trinajstić information content (AvgIpc) is 1.85. The standard InChI is InChI=1S/C5H6O2S/c1-3-2-4(6)5(7)8-3/h2,6-7H,1H3. The largest absolute Gasteiger partial charge is 0.504 e. The maximum atomic E-state index is 8.71. The van der Waals surface area contributed by atoms with Gasteiger partial charge in [0, 0.05) is 4.88 Å². The number of thiophene rings is 1. The lowest BCUT2D eigenvalue weighted by Crippen LogP contribution is -1.50. The maximum absolute atomic E-state index is 8.71. The van der Waals surface area contributed by atoms with Crippen molar-refractivity contribution in [3.63, 3.8) is 0 Å². The minimum atomic E-state index is -0.0208. The summed E-state index contributed by atoms with van der Waals surface area (Å²) in [5, 5.41) is 17.4. The SMILES string of the molecule is Cc1cc(O)c(O)s1. The molecule has 1 rings (SSSR count). The molecular formula is C5H6O2S. The molecule has 0 bridgehead atoms. The second-order valence-electron chi connectivity index (χ2n) is 1.55. The highest BCUT2D eigenvalue weighted by atomic mass is 32.1. The summed E-state index contributed by atoms with van der Waals surface area (Å²) < 4.78 is 0. The fraction of sp³-hybridized carbons (Fsp3) is 0.200. The molecule has 0 saturated heterocycles. The fourth-order valence-corrected chi connectivity index (χ4v) is 1.13. The van der Waals surface area contributed by atoms with Gasteiger partial charge in [-0.05, 0) is 13.0 Å². The highest BCUT2D eigenvalue weighted by Gasteiger charge is 2.00. The van der Waals surface area contributed by atoms with Gasteiger partial charge in [-0.2, -0.15) is 0 Å². The zero-order valence-corrected chi connectivity index (χ0v) is 5.20. The van der Waals surface area contributed by atoms with Crippen molar-refractivity contribution >= 4 is 11.3 Å². The number of rotatable bonds is 0. The first-order valence-corrected chi connectivity index (χ1v) is 3.00. The fourth-order valence-electron chi connectivity index (χ4n) is 0.489. The number of hydrogen-bond acceptors (Lipinski definition) is 3. The van der Waals surface area contributed by atoms with Gasteiger partial charge in [0.25, 0.3) is 0 Å². The molecule has 44 valence electrons. The van der Waals surface area contributed by atoms with Gasteiger partial charge in [0.2, 0.25) is 5.06 Å². The first kappa shape index (κ1) is 5.44. The Bertz CT molecular complexity index is 173. The minimum absolute atomic E-state index is 0.00231. The molecule has 0 radical (unpaired) electrons. The van der Waals surface area contributed by atoms with E-state index >= 15 is 0 Å². The molecule has 0 fully saturated rings. The molecule has 1 aromatic heterocycles. The van der Waals surface area contributed by atoms with Crippen LogP contribution in [0.15, 0.2) is 6.07 Å². The zero-order valence-electron chi connectivity index (χ0n) is 4.38. The molecule has 1 aromatic rings. The van der Waals surface area contributed by atoms with Crippen molar-refractivity contribution in [2.45, 2.75) is 6.92 Å². The van der Waals surface area contributed by atoms with Crippen molar-refractivity contribution in [2.24, 2.45) is 0 Å². The highest BCUT2D eigenvalue weighted by molar-refractivity contribution is 7.14. The Balaban J connectivity index is 3.14. The molecule has 2 nitrogen and oxygen atoms in total. The first-order chi connectivity index (χ1) is 3.70. The van der Waals surface area contributed by atoms with E-state index in [1.165, 1.54) is 17.4 Å². The van der Waals surface area contributed by atoms with Crippen LogP contribution in [0.1, 0.15) is 4.88 Å². The van der Waals surface area contributed by atoms with Gasteiger partial charge in [-0.15, -0.1) is 11.3 Å². The van der Waals surface area contributed by atoms with Gasteiger partial charge >= 0.3 is 0 Å². The summed E-state index contributed by atoms with van der Waals surface area (Å²) in [6.45, 7) is 1.82. The number of hydrogen-bond donors (Lipinski definition) is 2. The van der Waals surface area contributed by atoms with Crippen molar-refractivity contribution in [3.05, 3.63) is 10.9 Å². The summed E-state index contributed by atoms with van der Waals surface area (Å²) in [5.41, 5.74) is 0. The molecule has 3 heteroatoms. The number of aryl methyl sites for hydroxylation is 1. The van der Waals surface area contributed by atoms with E-state index in [9.17, 15) is 0 Å². The van der Waals surface area contributed by atoms with Crippen LogP contribution in [0.25, 0.3) is 0 Å². The summed E-state index contributed by atoms with van der Waals surface area (Å²) in [4.78, 5) is 0.917. The molecule has 0 atom stereocenters. The van der Waals surface area contributed by atoms with Crippen LogP contribution in [-0.4, -0.2) is 10.2 Å². The van der Waals surface area contributed by atoms with Gasteiger partial charge in [0.15, 0.2) is 5.75 Å². The summed E-state index contributed by atoms with van der Waals surface area (Å²) >= 11 is 1.17. The van der Waals surface area contributed by atoms with Gasteiger partial charge < -0.3 is 10.2 Å². The van der Waals surface area contributed by atoms with E-state index in [1.54, 1.807) is 0 Å². The van der Waals surface area contributed by atoms with Crippen LogP contribution >= 0.6 is 11.3 Å². The summed E-state index contributed by atoms with van der Waals surface area (Å²) in [6, 6.07) is 1.53. The molecule has 1 heterocycles. The van der Waals surface area contributed by atoms with E-state index in [4.69, 9.17) is 10.2 Å². The van der Waals surface area contributed by atoms with Gasteiger partial charge in [0.1, 0.15) is 0 Å². The van der Waals surface area contributed by atoms with Crippen LogP contribution in [0.4, 0.5) is 0 Å². The van der Waals surface area contributed by atoms with Crippen molar-refractivity contribution in [1.82, 2.24) is 0 Å². The summed E-state index contributed by atoms with van der Waals surface area (Å²) in [7, 11) is 0. The lowest BCUT2D eigenvalue weighted by atomic mass is 10.5. The molecule has 0 aromatic carbocycles. The van der Waals surface area contributed by atoms with E-state index in [2.05, 4.69) is 0 Å². The molecule has 0 aliphatic carbocycles. The van der Waals surface area contributed by atoms with Crippen molar-refractivity contribution in [3.8, 4) is 10.8 Å². The molecule has 0 unspecified atom stereocenters. The Morgan fingerprint density at radius 2 is 2.12 bits per heavy atom. The zero-order chi connectivity index (χ0) is 6.15. The van der Waals surface area contributed by atoms with E-state index in [1.807, 2.05) is 6.92 Å². The predicted octanol–water partition coefficient (Wildman–Crippen LogP) is 1.47. The Morgan fingerprint density at radius 3 is 2.25 bits per heavy atom. The molecule has 0 amide bonds. The quantitative estimate of drug-likeness (QED) is 0.558. The van der Waals surface area contributed by atoms with Gasteiger partial charge in [-0.3, -0.25) is 0 Å². The average molecular weight is 130 g/mol. The summed E-state index contributed by atoms with van der Waals surface area (Å²) in [5.74, 6) is -0.0208. The second-order valence-corrected chi connectivity index (χ2v) is 2.78. The smallest absolute Gasteiger partial charge is 0.214 e. The van der Waals surface area contributed by atoms with E-state index in [0.717, 1.165) is 4.88 Å². The molecular weight excluding hydrogens is 124 g/mol. The van der Waals surface area contributed by atoms with Crippen molar-refractivity contribution in [2.75, 3.05) is 0 Å². The third-order valence-electron chi connectivity index (χ3n) is 0.817. The summed E-state index contributed by atoms with van der Waals surface area (Å²) in [6.07, 6.45) is 0. The van der Waals surface area contributed by atoms with E-state index in [0.29, 0.717) is 0 Å². The van der Waals surface area contributed by atoms with Crippen LogP contribution in [-0.2, 0) is 0 Å². The third-order valence-corrected chi connectivity index (χ3v) is 1.66. The van der Waals surface area contributed by atoms with Gasteiger partial charge in [-0.25, -0.2) is 0 Å². The Morgan fingerprint density at radius 1 is 1.50 bits per heavy atom.